The fourth-order valence-electron chi connectivity index (χ4n) is 1.48. The molecule has 0 aliphatic heterocycles. The molecule has 1 aromatic heterocycles. The molecular formula is C11H19NO3S2. The Morgan fingerprint density at radius 3 is 2.59 bits per heavy atom. The van der Waals surface area contributed by atoms with E-state index in [1.54, 1.807) is 11.4 Å². The Kier molecular flexibility index (Phi) is 5.58. The first kappa shape index (κ1) is 14.6. The predicted molar refractivity (Wildman–Crippen MR) is 69.6 cm³/mol. The van der Waals surface area contributed by atoms with Gasteiger partial charge in [-0.05, 0) is 23.4 Å². The zero-order valence-corrected chi connectivity index (χ0v) is 11.9. The van der Waals surface area contributed by atoms with Gasteiger partial charge in [-0.25, -0.2) is 8.42 Å². The van der Waals surface area contributed by atoms with Gasteiger partial charge >= 0.3 is 0 Å². The third kappa shape index (κ3) is 3.51. The highest BCUT2D eigenvalue weighted by Gasteiger charge is 2.24. The van der Waals surface area contributed by atoms with E-state index >= 15 is 0 Å². The van der Waals surface area contributed by atoms with Crippen LogP contribution in [0.15, 0.2) is 15.7 Å². The van der Waals surface area contributed by atoms with E-state index in [4.69, 9.17) is 5.11 Å². The zero-order valence-electron chi connectivity index (χ0n) is 10.2. The summed E-state index contributed by atoms with van der Waals surface area (Å²) in [7, 11) is -3.37. The molecule has 0 radical (unpaired) electrons. The van der Waals surface area contributed by atoms with E-state index < -0.39 is 10.0 Å². The van der Waals surface area contributed by atoms with Crippen LogP contribution in [-0.4, -0.2) is 30.9 Å². The highest BCUT2D eigenvalue weighted by molar-refractivity contribution is 7.91. The van der Waals surface area contributed by atoms with Crippen molar-refractivity contribution >= 4 is 21.4 Å². The average Bonchev–Trinajstić information content (AvgIpc) is 2.79. The van der Waals surface area contributed by atoms with Gasteiger partial charge in [-0.15, -0.1) is 11.3 Å². The van der Waals surface area contributed by atoms with Gasteiger partial charge in [0.2, 0.25) is 0 Å². The van der Waals surface area contributed by atoms with Crippen LogP contribution < -0.4 is 0 Å². The summed E-state index contributed by atoms with van der Waals surface area (Å²) in [6.45, 7) is 4.80. The fourth-order valence-corrected chi connectivity index (χ4v) is 4.32. The molecule has 1 heterocycles. The van der Waals surface area contributed by atoms with Crippen LogP contribution in [0.2, 0.25) is 0 Å². The zero-order chi connectivity index (χ0) is 12.9. The highest BCUT2D eigenvalue weighted by atomic mass is 32.2. The summed E-state index contributed by atoms with van der Waals surface area (Å²) in [5.74, 6) is 0. The maximum absolute atomic E-state index is 12.3. The molecule has 0 bridgehead atoms. The lowest BCUT2D eigenvalue weighted by Crippen LogP contribution is -2.31. The van der Waals surface area contributed by atoms with Gasteiger partial charge in [0.25, 0.3) is 10.0 Å². The van der Waals surface area contributed by atoms with Crippen molar-refractivity contribution in [2.75, 3.05) is 13.1 Å². The summed E-state index contributed by atoms with van der Waals surface area (Å²) < 4.78 is 26.3. The molecule has 0 saturated carbocycles. The molecule has 98 valence electrons. The lowest BCUT2D eigenvalue weighted by Gasteiger charge is -2.18. The lowest BCUT2D eigenvalue weighted by atomic mass is 10.3. The summed E-state index contributed by atoms with van der Waals surface area (Å²) in [4.78, 5) is 0. The third-order valence-electron chi connectivity index (χ3n) is 2.52. The second-order valence-corrected chi connectivity index (χ2v) is 6.86. The van der Waals surface area contributed by atoms with Gasteiger partial charge in [-0.2, -0.15) is 4.31 Å². The second-order valence-electron chi connectivity index (χ2n) is 3.78. The van der Waals surface area contributed by atoms with Crippen molar-refractivity contribution in [3.63, 3.8) is 0 Å². The molecule has 0 fully saturated rings. The largest absolute Gasteiger partial charge is 0.392 e. The van der Waals surface area contributed by atoms with Crippen molar-refractivity contribution in [1.29, 1.82) is 0 Å². The van der Waals surface area contributed by atoms with Crippen LogP contribution in [0.25, 0.3) is 0 Å². The van der Waals surface area contributed by atoms with Gasteiger partial charge in [0.1, 0.15) is 4.21 Å². The molecule has 0 aliphatic carbocycles. The summed E-state index contributed by atoms with van der Waals surface area (Å²) in [6, 6.07) is 1.55. The van der Waals surface area contributed by atoms with Crippen LogP contribution >= 0.6 is 11.3 Å². The Labute approximate surface area is 107 Å². The maximum atomic E-state index is 12.3. The van der Waals surface area contributed by atoms with Gasteiger partial charge in [0, 0.05) is 13.1 Å². The standard InChI is InChI=1S/C11H19NO3S2/c1-3-5-6-12(4-2)17(14,15)11-7-10(8-13)9-16-11/h7,9,13H,3-6,8H2,1-2H3. The number of thiophene rings is 1. The minimum atomic E-state index is -3.37. The maximum Gasteiger partial charge on any atom is 0.252 e. The highest BCUT2D eigenvalue weighted by Crippen LogP contribution is 2.24. The average molecular weight is 277 g/mol. The quantitative estimate of drug-likeness (QED) is 0.830. The Morgan fingerprint density at radius 2 is 2.12 bits per heavy atom. The van der Waals surface area contributed by atoms with E-state index in [0.717, 1.165) is 12.8 Å². The molecule has 4 nitrogen and oxygen atoms in total. The molecule has 1 N–H and O–H groups in total. The third-order valence-corrected chi connectivity index (χ3v) is 5.96. The van der Waals surface area contributed by atoms with E-state index in [9.17, 15) is 8.42 Å². The lowest BCUT2D eigenvalue weighted by molar-refractivity contribution is 0.282. The number of aliphatic hydroxyl groups is 1. The number of unbranched alkanes of at least 4 members (excludes halogenated alkanes) is 1. The Morgan fingerprint density at radius 1 is 1.41 bits per heavy atom. The molecule has 0 spiro atoms. The van der Waals surface area contributed by atoms with Gasteiger partial charge in [0.15, 0.2) is 0 Å². The van der Waals surface area contributed by atoms with E-state index in [1.165, 1.54) is 15.6 Å². The van der Waals surface area contributed by atoms with Crippen molar-refractivity contribution in [1.82, 2.24) is 4.31 Å². The van der Waals surface area contributed by atoms with E-state index in [0.29, 0.717) is 22.9 Å². The molecule has 1 rings (SSSR count). The molecular weight excluding hydrogens is 258 g/mol. The topological polar surface area (TPSA) is 57.6 Å². The summed E-state index contributed by atoms with van der Waals surface area (Å²) in [5, 5.41) is 10.6. The molecule has 1 aromatic rings. The molecule has 0 amide bonds. The Balaban J connectivity index is 2.91. The minimum Gasteiger partial charge on any atom is -0.392 e. The first-order valence-electron chi connectivity index (χ1n) is 5.74. The minimum absolute atomic E-state index is 0.118. The molecule has 17 heavy (non-hydrogen) atoms. The molecule has 6 heteroatoms. The number of sulfonamides is 1. The van der Waals surface area contributed by atoms with Crippen molar-refractivity contribution < 1.29 is 13.5 Å². The predicted octanol–water partition coefficient (Wildman–Crippen LogP) is 2.05. The van der Waals surface area contributed by atoms with Crippen LogP contribution in [0.1, 0.15) is 32.3 Å². The van der Waals surface area contributed by atoms with E-state index in [-0.39, 0.29) is 6.61 Å². The first-order valence-corrected chi connectivity index (χ1v) is 8.06. The number of rotatable bonds is 7. The molecule has 0 unspecified atom stereocenters. The van der Waals surface area contributed by atoms with Crippen molar-refractivity contribution in [2.45, 2.75) is 37.5 Å². The Bertz CT molecular complexity index is 439. The van der Waals surface area contributed by atoms with Crippen LogP contribution in [0.5, 0.6) is 0 Å². The van der Waals surface area contributed by atoms with Crippen LogP contribution in [-0.2, 0) is 16.6 Å². The number of hydrogen-bond donors (Lipinski definition) is 1. The summed E-state index contributed by atoms with van der Waals surface area (Å²) in [5.41, 5.74) is 0.653. The van der Waals surface area contributed by atoms with Gasteiger partial charge in [0.05, 0.1) is 6.61 Å². The Hall–Kier alpha value is -0.430. The van der Waals surface area contributed by atoms with Crippen LogP contribution in [0, 0.1) is 0 Å². The smallest absolute Gasteiger partial charge is 0.252 e. The monoisotopic (exact) mass is 277 g/mol. The fraction of sp³-hybridized carbons (Fsp3) is 0.636. The first-order chi connectivity index (χ1) is 8.06. The van der Waals surface area contributed by atoms with E-state index in [2.05, 4.69) is 0 Å². The van der Waals surface area contributed by atoms with Crippen molar-refractivity contribution in [2.24, 2.45) is 0 Å². The normalized spacial score (nSPS) is 12.2. The van der Waals surface area contributed by atoms with Gasteiger partial charge in [-0.3, -0.25) is 0 Å². The van der Waals surface area contributed by atoms with Crippen LogP contribution in [0.3, 0.4) is 0 Å². The molecule has 0 saturated heterocycles. The molecule has 0 atom stereocenters. The number of hydrogen-bond acceptors (Lipinski definition) is 4. The van der Waals surface area contributed by atoms with E-state index in [1.807, 2.05) is 13.8 Å². The summed E-state index contributed by atoms with van der Waals surface area (Å²) in [6.07, 6.45) is 1.84. The van der Waals surface area contributed by atoms with Gasteiger partial charge in [-0.1, -0.05) is 20.3 Å². The SMILES string of the molecule is CCCCN(CC)S(=O)(=O)c1cc(CO)cs1. The van der Waals surface area contributed by atoms with Crippen LogP contribution in [0.4, 0.5) is 0 Å². The molecule has 0 aliphatic rings. The molecule has 0 aromatic carbocycles. The number of aliphatic hydroxyl groups excluding tert-OH is 1. The summed E-state index contributed by atoms with van der Waals surface area (Å²) >= 11 is 1.17. The van der Waals surface area contributed by atoms with Crippen molar-refractivity contribution in [3.8, 4) is 0 Å². The second kappa shape index (κ2) is 6.49. The van der Waals surface area contributed by atoms with Gasteiger partial charge < -0.3 is 5.11 Å². The van der Waals surface area contributed by atoms with Crippen molar-refractivity contribution in [3.05, 3.63) is 17.0 Å². The number of nitrogens with zero attached hydrogens (tertiary/aromatic N) is 1.